The van der Waals surface area contributed by atoms with Crippen molar-refractivity contribution >= 4 is 29.5 Å². The number of amides is 2. The lowest BCUT2D eigenvalue weighted by Gasteiger charge is -2.14. The quantitative estimate of drug-likeness (QED) is 0.416. The summed E-state index contributed by atoms with van der Waals surface area (Å²) >= 11 is 0. The van der Waals surface area contributed by atoms with Crippen LogP contribution < -0.4 is 16.0 Å². The number of allylic oxidation sites excluding steroid dienone is 3. The number of nitrogens with one attached hydrogen (secondary N) is 3. The zero-order valence-electron chi connectivity index (χ0n) is 19.9. The van der Waals surface area contributed by atoms with Crippen molar-refractivity contribution in [3.63, 3.8) is 0 Å². The Morgan fingerprint density at radius 1 is 1.17 bits per heavy atom. The lowest BCUT2D eigenvalue weighted by molar-refractivity contribution is 0.0963. The SMILES string of the molecule is C\C=C(/C=N\C=C\CCC)Nc1ncc(C2CC2)nc1C(=O)Nc1cc(F)c(F)cc1C(=O)NC. The maximum Gasteiger partial charge on any atom is 0.278 e. The maximum atomic E-state index is 13.9. The molecule has 3 N–H and O–H groups in total. The van der Waals surface area contributed by atoms with Crippen LogP contribution in [0.15, 0.2) is 47.4 Å². The molecule has 0 radical (unpaired) electrons. The second-order valence-corrected chi connectivity index (χ2v) is 7.93. The third-order valence-electron chi connectivity index (χ3n) is 5.22. The molecule has 0 saturated heterocycles. The summed E-state index contributed by atoms with van der Waals surface area (Å²) in [7, 11) is 1.35. The highest BCUT2D eigenvalue weighted by Crippen LogP contribution is 2.39. The van der Waals surface area contributed by atoms with Crippen molar-refractivity contribution in [3.05, 3.63) is 71.0 Å². The van der Waals surface area contributed by atoms with Gasteiger partial charge in [0.1, 0.15) is 0 Å². The average molecular weight is 483 g/mol. The molecule has 1 heterocycles. The minimum absolute atomic E-state index is 0.0451. The molecule has 3 rings (SSSR count). The largest absolute Gasteiger partial charge is 0.355 e. The lowest BCUT2D eigenvalue weighted by Crippen LogP contribution is -2.23. The number of unbranched alkanes of at least 4 members (excludes halogenated alkanes) is 1. The summed E-state index contributed by atoms with van der Waals surface area (Å²) in [5.41, 5.74) is 0.784. The number of carbonyl (C=O) groups is 2. The van der Waals surface area contributed by atoms with Crippen LogP contribution in [0.1, 0.15) is 72.0 Å². The molecule has 1 aromatic heterocycles. The molecule has 0 aliphatic heterocycles. The van der Waals surface area contributed by atoms with E-state index < -0.39 is 23.4 Å². The van der Waals surface area contributed by atoms with E-state index in [0.717, 1.165) is 37.8 Å². The Labute approximate surface area is 202 Å². The van der Waals surface area contributed by atoms with Crippen LogP contribution in [0.3, 0.4) is 0 Å². The van der Waals surface area contributed by atoms with Gasteiger partial charge in [-0.3, -0.25) is 14.6 Å². The van der Waals surface area contributed by atoms with E-state index in [1.807, 2.05) is 6.08 Å². The lowest BCUT2D eigenvalue weighted by atomic mass is 10.1. The smallest absolute Gasteiger partial charge is 0.278 e. The van der Waals surface area contributed by atoms with Crippen LogP contribution >= 0.6 is 0 Å². The number of benzene rings is 1. The third kappa shape index (κ3) is 6.78. The number of rotatable bonds is 10. The van der Waals surface area contributed by atoms with Gasteiger partial charge >= 0.3 is 0 Å². The van der Waals surface area contributed by atoms with Crippen LogP contribution in [0.4, 0.5) is 20.3 Å². The van der Waals surface area contributed by atoms with Gasteiger partial charge in [0.2, 0.25) is 0 Å². The van der Waals surface area contributed by atoms with E-state index in [4.69, 9.17) is 0 Å². The predicted octanol–water partition coefficient (Wildman–Crippen LogP) is 4.94. The predicted molar refractivity (Wildman–Crippen MR) is 132 cm³/mol. The highest BCUT2D eigenvalue weighted by atomic mass is 19.2. The summed E-state index contributed by atoms with van der Waals surface area (Å²) in [5, 5.41) is 7.87. The second kappa shape index (κ2) is 12.0. The van der Waals surface area contributed by atoms with E-state index in [-0.39, 0.29) is 28.7 Å². The van der Waals surface area contributed by atoms with Gasteiger partial charge in [-0.05, 0) is 32.3 Å². The van der Waals surface area contributed by atoms with Crippen molar-refractivity contribution in [2.24, 2.45) is 4.99 Å². The molecule has 8 nitrogen and oxygen atoms in total. The fraction of sp³-hybridized carbons (Fsp3) is 0.320. The Hall–Kier alpha value is -3.95. The summed E-state index contributed by atoms with van der Waals surface area (Å²) in [4.78, 5) is 38.5. The molecule has 35 heavy (non-hydrogen) atoms. The van der Waals surface area contributed by atoms with Crippen molar-refractivity contribution in [2.75, 3.05) is 17.7 Å². The molecule has 1 aromatic carbocycles. The first kappa shape index (κ1) is 25.7. The number of halogens is 2. The number of nitrogens with zero attached hydrogens (tertiary/aromatic N) is 3. The zero-order valence-corrected chi connectivity index (χ0v) is 19.9. The van der Waals surface area contributed by atoms with Gasteiger partial charge in [0, 0.05) is 31.4 Å². The first-order valence-corrected chi connectivity index (χ1v) is 11.4. The van der Waals surface area contributed by atoms with E-state index in [1.54, 1.807) is 31.6 Å². The van der Waals surface area contributed by atoms with E-state index >= 15 is 0 Å². The molecule has 0 spiro atoms. The van der Waals surface area contributed by atoms with E-state index in [9.17, 15) is 18.4 Å². The molecule has 1 fully saturated rings. The summed E-state index contributed by atoms with van der Waals surface area (Å²) in [5.74, 6) is -3.43. The van der Waals surface area contributed by atoms with Gasteiger partial charge in [0.05, 0.1) is 28.8 Å². The van der Waals surface area contributed by atoms with Gasteiger partial charge in [-0.1, -0.05) is 25.5 Å². The molecule has 2 aromatic rings. The standard InChI is InChI=1S/C25H28F2N6O2/c1-4-6-7-10-29-13-16(5-2)31-23-22(32-21(14-30-23)15-8-9-15)25(35)33-20-12-19(27)18(26)11-17(20)24(34)28-3/h5,7,10-15H,4,6,8-9H2,1-3H3,(H,28,34)(H,30,31)(H,33,35)/b10-7+,16-5+,29-13-. The number of anilines is 2. The normalized spacial score (nSPS) is 13.9. The van der Waals surface area contributed by atoms with E-state index in [0.29, 0.717) is 11.4 Å². The van der Waals surface area contributed by atoms with Gasteiger partial charge < -0.3 is 16.0 Å². The van der Waals surface area contributed by atoms with Crippen molar-refractivity contribution in [3.8, 4) is 0 Å². The van der Waals surface area contributed by atoms with Crippen molar-refractivity contribution < 1.29 is 18.4 Å². The first-order valence-electron chi connectivity index (χ1n) is 11.4. The van der Waals surface area contributed by atoms with Crippen LogP contribution in [0.2, 0.25) is 0 Å². The molecule has 1 aliphatic carbocycles. The van der Waals surface area contributed by atoms with Crippen LogP contribution in [-0.4, -0.2) is 35.0 Å². The molecular formula is C25H28F2N6O2. The Kier molecular flexibility index (Phi) is 8.77. The Morgan fingerprint density at radius 2 is 1.91 bits per heavy atom. The fourth-order valence-corrected chi connectivity index (χ4v) is 3.12. The Morgan fingerprint density at radius 3 is 2.57 bits per heavy atom. The van der Waals surface area contributed by atoms with Crippen LogP contribution in [-0.2, 0) is 0 Å². The van der Waals surface area contributed by atoms with E-state index in [2.05, 4.69) is 37.8 Å². The zero-order chi connectivity index (χ0) is 25.4. The Bertz CT molecular complexity index is 1190. The minimum atomic E-state index is -1.20. The third-order valence-corrected chi connectivity index (χ3v) is 5.22. The molecule has 2 amide bonds. The number of hydrogen-bond acceptors (Lipinski definition) is 6. The van der Waals surface area contributed by atoms with Crippen LogP contribution in [0, 0.1) is 11.6 Å². The van der Waals surface area contributed by atoms with E-state index in [1.165, 1.54) is 7.05 Å². The summed E-state index contributed by atoms with van der Waals surface area (Å²) in [6, 6.07) is 1.49. The van der Waals surface area contributed by atoms with Crippen LogP contribution in [0.25, 0.3) is 0 Å². The molecule has 1 aliphatic rings. The number of aliphatic imine (C=N–C) groups is 1. The van der Waals surface area contributed by atoms with Gasteiger partial charge in [-0.15, -0.1) is 0 Å². The van der Waals surface area contributed by atoms with Crippen LogP contribution in [0.5, 0.6) is 0 Å². The summed E-state index contributed by atoms with van der Waals surface area (Å²) in [6.45, 7) is 3.87. The van der Waals surface area contributed by atoms with Crippen molar-refractivity contribution in [1.29, 1.82) is 0 Å². The topological polar surface area (TPSA) is 108 Å². The molecular weight excluding hydrogens is 454 g/mol. The Balaban J connectivity index is 1.92. The van der Waals surface area contributed by atoms with Crippen molar-refractivity contribution in [1.82, 2.24) is 15.3 Å². The van der Waals surface area contributed by atoms with Gasteiger partial charge in [0.15, 0.2) is 23.1 Å². The number of aromatic nitrogens is 2. The molecule has 0 bridgehead atoms. The first-order chi connectivity index (χ1) is 16.9. The monoisotopic (exact) mass is 482 g/mol. The number of hydrogen-bond donors (Lipinski definition) is 3. The highest BCUT2D eigenvalue weighted by Gasteiger charge is 2.28. The highest BCUT2D eigenvalue weighted by molar-refractivity contribution is 6.10. The molecule has 10 heteroatoms. The average Bonchev–Trinajstić information content (AvgIpc) is 3.70. The fourth-order valence-electron chi connectivity index (χ4n) is 3.12. The molecule has 1 saturated carbocycles. The molecule has 0 unspecified atom stereocenters. The van der Waals surface area contributed by atoms with Gasteiger partial charge in [0.25, 0.3) is 11.8 Å². The van der Waals surface area contributed by atoms with Gasteiger partial charge in [-0.25, -0.2) is 18.7 Å². The number of carbonyl (C=O) groups excluding carboxylic acids is 2. The second-order valence-electron chi connectivity index (χ2n) is 7.93. The van der Waals surface area contributed by atoms with Gasteiger partial charge in [-0.2, -0.15) is 0 Å². The minimum Gasteiger partial charge on any atom is -0.355 e. The summed E-state index contributed by atoms with van der Waals surface area (Å²) < 4.78 is 27.7. The van der Waals surface area contributed by atoms with Crippen molar-refractivity contribution in [2.45, 2.75) is 45.4 Å². The maximum absolute atomic E-state index is 13.9. The summed E-state index contributed by atoms with van der Waals surface area (Å²) in [6.07, 6.45) is 12.4. The molecule has 184 valence electrons. The molecule has 0 atom stereocenters.